The summed E-state index contributed by atoms with van der Waals surface area (Å²) in [6, 6.07) is -0.0761. The van der Waals surface area contributed by atoms with E-state index in [-0.39, 0.29) is 5.41 Å². The number of rotatable bonds is 3. The molecule has 0 spiro atoms. The maximum atomic E-state index is 10.9. The summed E-state index contributed by atoms with van der Waals surface area (Å²) in [5.41, 5.74) is 0.260. The van der Waals surface area contributed by atoms with Gasteiger partial charge in [-0.2, -0.15) is 0 Å². The van der Waals surface area contributed by atoms with Crippen LogP contribution in [0.2, 0.25) is 0 Å². The Kier molecular flexibility index (Phi) is 4.36. The Labute approximate surface area is 98.6 Å². The van der Waals surface area contributed by atoms with E-state index in [9.17, 15) is 4.79 Å². The molecule has 0 aromatic rings. The average molecular weight is 227 g/mol. The molecule has 1 rings (SSSR count). The highest BCUT2D eigenvalue weighted by atomic mass is 16.4. The van der Waals surface area contributed by atoms with Crippen LogP contribution >= 0.6 is 0 Å². The second-order valence-electron chi connectivity index (χ2n) is 6.09. The van der Waals surface area contributed by atoms with Crippen molar-refractivity contribution < 1.29 is 9.90 Å². The molecule has 0 aliphatic heterocycles. The highest BCUT2D eigenvalue weighted by Crippen LogP contribution is 2.38. The average Bonchev–Trinajstić information content (AvgIpc) is 2.16. The third-order valence-corrected chi connectivity index (χ3v) is 3.71. The summed E-state index contributed by atoms with van der Waals surface area (Å²) in [4.78, 5) is 10.9. The van der Waals surface area contributed by atoms with Crippen LogP contribution in [0.25, 0.3) is 0 Å². The van der Waals surface area contributed by atoms with Crippen molar-refractivity contribution in [2.75, 3.05) is 0 Å². The normalized spacial score (nSPS) is 28.8. The van der Waals surface area contributed by atoms with Crippen LogP contribution in [0.3, 0.4) is 0 Å². The lowest BCUT2D eigenvalue weighted by atomic mass is 9.69. The number of aliphatic carboxylic acids is 1. The lowest BCUT2D eigenvalue weighted by molar-refractivity contribution is -0.139. The van der Waals surface area contributed by atoms with Gasteiger partial charge in [0.05, 0.1) is 0 Å². The van der Waals surface area contributed by atoms with Gasteiger partial charge in [0, 0.05) is 6.04 Å². The fourth-order valence-electron chi connectivity index (χ4n) is 2.76. The molecule has 2 N–H and O–H groups in total. The zero-order valence-corrected chi connectivity index (χ0v) is 10.9. The van der Waals surface area contributed by atoms with Gasteiger partial charge in [0.15, 0.2) is 0 Å². The molecule has 0 radical (unpaired) electrons. The standard InChI is InChI=1S/C13H25NO2/c1-9(12(15)16)14-11-8-6-5-7-10(11)13(2,3)4/h9-11,14H,5-8H2,1-4H3,(H,15,16). The highest BCUT2D eigenvalue weighted by molar-refractivity contribution is 5.72. The quantitative estimate of drug-likeness (QED) is 0.779. The number of nitrogens with one attached hydrogen (secondary N) is 1. The zero-order chi connectivity index (χ0) is 12.3. The number of carboxylic acid groups (broad SMARTS) is 1. The fourth-order valence-corrected chi connectivity index (χ4v) is 2.76. The van der Waals surface area contributed by atoms with Gasteiger partial charge in [-0.3, -0.25) is 4.79 Å². The van der Waals surface area contributed by atoms with Gasteiger partial charge in [-0.25, -0.2) is 0 Å². The molecule has 0 bridgehead atoms. The Bertz CT molecular complexity index is 245. The van der Waals surface area contributed by atoms with Crippen molar-refractivity contribution >= 4 is 5.97 Å². The van der Waals surface area contributed by atoms with Crippen LogP contribution in [-0.4, -0.2) is 23.2 Å². The van der Waals surface area contributed by atoms with E-state index >= 15 is 0 Å². The monoisotopic (exact) mass is 227 g/mol. The van der Waals surface area contributed by atoms with Crippen molar-refractivity contribution in [3.8, 4) is 0 Å². The molecule has 16 heavy (non-hydrogen) atoms. The van der Waals surface area contributed by atoms with Gasteiger partial charge in [0.25, 0.3) is 0 Å². The van der Waals surface area contributed by atoms with Crippen molar-refractivity contribution in [1.82, 2.24) is 5.32 Å². The maximum absolute atomic E-state index is 10.9. The predicted octanol–water partition coefficient (Wildman–Crippen LogP) is 2.65. The summed E-state index contributed by atoms with van der Waals surface area (Å²) in [5.74, 6) is -0.165. The Morgan fingerprint density at radius 2 is 1.88 bits per heavy atom. The molecule has 1 aliphatic rings. The van der Waals surface area contributed by atoms with Gasteiger partial charge in [0.1, 0.15) is 6.04 Å². The van der Waals surface area contributed by atoms with Gasteiger partial charge < -0.3 is 10.4 Å². The first-order chi connectivity index (χ1) is 7.32. The van der Waals surface area contributed by atoms with E-state index in [1.807, 2.05) is 0 Å². The molecule has 1 aliphatic carbocycles. The van der Waals surface area contributed by atoms with Crippen LogP contribution < -0.4 is 5.32 Å². The van der Waals surface area contributed by atoms with Crippen molar-refractivity contribution in [3.05, 3.63) is 0 Å². The molecule has 3 nitrogen and oxygen atoms in total. The van der Waals surface area contributed by atoms with Crippen LogP contribution in [0.15, 0.2) is 0 Å². The number of carboxylic acids is 1. The summed E-state index contributed by atoms with van der Waals surface area (Å²) in [7, 11) is 0. The van der Waals surface area contributed by atoms with Gasteiger partial charge in [-0.1, -0.05) is 33.6 Å². The summed E-state index contributed by atoms with van der Waals surface area (Å²) in [5, 5.41) is 12.2. The zero-order valence-electron chi connectivity index (χ0n) is 10.9. The predicted molar refractivity (Wildman–Crippen MR) is 65.4 cm³/mol. The summed E-state index contributed by atoms with van der Waals surface area (Å²) < 4.78 is 0. The number of hydrogen-bond acceptors (Lipinski definition) is 2. The molecule has 0 aromatic heterocycles. The fraction of sp³-hybridized carbons (Fsp3) is 0.923. The van der Waals surface area contributed by atoms with E-state index in [0.717, 1.165) is 6.42 Å². The van der Waals surface area contributed by atoms with E-state index in [4.69, 9.17) is 5.11 Å². The number of carbonyl (C=O) groups is 1. The van der Waals surface area contributed by atoms with E-state index in [1.54, 1.807) is 6.92 Å². The third-order valence-electron chi connectivity index (χ3n) is 3.71. The topological polar surface area (TPSA) is 49.3 Å². The van der Waals surface area contributed by atoms with Gasteiger partial charge >= 0.3 is 5.97 Å². The van der Waals surface area contributed by atoms with Crippen LogP contribution in [-0.2, 0) is 4.79 Å². The summed E-state index contributed by atoms with van der Waals surface area (Å²) >= 11 is 0. The van der Waals surface area contributed by atoms with Crippen LogP contribution in [0, 0.1) is 11.3 Å². The van der Waals surface area contributed by atoms with Gasteiger partial charge in [-0.05, 0) is 31.1 Å². The summed E-state index contributed by atoms with van der Waals surface area (Å²) in [6.07, 6.45) is 4.82. The molecule has 0 aromatic carbocycles. The van der Waals surface area contributed by atoms with Gasteiger partial charge in [-0.15, -0.1) is 0 Å². The Morgan fingerprint density at radius 1 is 1.31 bits per heavy atom. The molecule has 0 heterocycles. The number of hydrogen-bond donors (Lipinski definition) is 2. The first kappa shape index (κ1) is 13.5. The Balaban J connectivity index is 2.64. The summed E-state index contributed by atoms with van der Waals surface area (Å²) in [6.45, 7) is 8.49. The van der Waals surface area contributed by atoms with Gasteiger partial charge in [0.2, 0.25) is 0 Å². The SMILES string of the molecule is CC(NC1CCCCC1C(C)(C)C)C(=O)O. The first-order valence-corrected chi connectivity index (χ1v) is 6.31. The van der Waals surface area contributed by atoms with E-state index in [2.05, 4.69) is 26.1 Å². The lowest BCUT2D eigenvalue weighted by Crippen LogP contribution is -2.49. The van der Waals surface area contributed by atoms with Crippen LogP contribution in [0.4, 0.5) is 0 Å². The minimum Gasteiger partial charge on any atom is -0.480 e. The molecule has 3 unspecified atom stereocenters. The highest BCUT2D eigenvalue weighted by Gasteiger charge is 2.35. The molecule has 0 amide bonds. The molecular weight excluding hydrogens is 202 g/mol. The van der Waals surface area contributed by atoms with E-state index in [1.165, 1.54) is 19.3 Å². The smallest absolute Gasteiger partial charge is 0.320 e. The second-order valence-corrected chi connectivity index (χ2v) is 6.09. The molecule has 0 saturated heterocycles. The Morgan fingerprint density at radius 3 is 2.38 bits per heavy atom. The van der Waals surface area contributed by atoms with Crippen molar-refractivity contribution in [3.63, 3.8) is 0 Å². The lowest BCUT2D eigenvalue weighted by Gasteiger charge is -2.41. The minimum absolute atomic E-state index is 0.260. The first-order valence-electron chi connectivity index (χ1n) is 6.31. The molecule has 1 fully saturated rings. The second kappa shape index (κ2) is 5.17. The molecular formula is C13H25NO2. The maximum Gasteiger partial charge on any atom is 0.320 e. The van der Waals surface area contributed by atoms with Crippen molar-refractivity contribution in [1.29, 1.82) is 0 Å². The molecule has 1 saturated carbocycles. The molecule has 3 atom stereocenters. The molecule has 3 heteroatoms. The van der Waals surface area contributed by atoms with Crippen LogP contribution in [0.1, 0.15) is 53.4 Å². The molecule has 94 valence electrons. The third kappa shape index (κ3) is 3.48. The largest absolute Gasteiger partial charge is 0.480 e. The Hall–Kier alpha value is -0.570. The van der Waals surface area contributed by atoms with Crippen molar-refractivity contribution in [2.45, 2.75) is 65.5 Å². The van der Waals surface area contributed by atoms with Crippen LogP contribution in [0.5, 0.6) is 0 Å². The van der Waals surface area contributed by atoms with E-state index < -0.39 is 12.0 Å². The van der Waals surface area contributed by atoms with Crippen molar-refractivity contribution in [2.24, 2.45) is 11.3 Å². The van der Waals surface area contributed by atoms with E-state index in [0.29, 0.717) is 12.0 Å². The minimum atomic E-state index is -0.752.